The summed E-state index contributed by atoms with van der Waals surface area (Å²) in [5.41, 5.74) is 7.45. The molecule has 106 valence electrons. The molecule has 2 rings (SSSR count). The number of nitrogens with one attached hydrogen (secondary N) is 1. The van der Waals surface area contributed by atoms with Crippen LogP contribution in [0.1, 0.15) is 41.6 Å². The van der Waals surface area contributed by atoms with Crippen LogP contribution in [-0.2, 0) is 0 Å². The molecule has 3 nitrogen and oxygen atoms in total. The van der Waals surface area contributed by atoms with Gasteiger partial charge in [-0.2, -0.15) is 0 Å². The summed E-state index contributed by atoms with van der Waals surface area (Å²) in [5, 5.41) is 3.12. The fraction of sp³-hybridized carbons (Fsp3) is 0.500. The van der Waals surface area contributed by atoms with E-state index in [4.69, 9.17) is 5.73 Å². The Morgan fingerprint density at radius 1 is 1.42 bits per heavy atom. The first-order valence-electron chi connectivity index (χ1n) is 6.35. The summed E-state index contributed by atoms with van der Waals surface area (Å²) in [5.74, 6) is -0.0250. The lowest BCUT2D eigenvalue weighted by molar-refractivity contribution is 0.0903. The van der Waals surface area contributed by atoms with E-state index in [1.807, 2.05) is 25.1 Å². The minimum atomic E-state index is -0.186. The fourth-order valence-corrected chi connectivity index (χ4v) is 2.86. The van der Waals surface area contributed by atoms with Gasteiger partial charge in [0.15, 0.2) is 0 Å². The van der Waals surface area contributed by atoms with Crippen LogP contribution in [0.4, 0.5) is 0 Å². The molecule has 0 unspecified atom stereocenters. The number of amides is 1. The Balaban J connectivity index is 0.00000180. The molecule has 1 aromatic rings. The summed E-state index contributed by atoms with van der Waals surface area (Å²) >= 11 is 3.45. The molecule has 1 fully saturated rings. The molecule has 3 N–H and O–H groups in total. The van der Waals surface area contributed by atoms with Gasteiger partial charge in [-0.15, -0.1) is 12.4 Å². The van der Waals surface area contributed by atoms with Crippen LogP contribution in [0.25, 0.3) is 0 Å². The van der Waals surface area contributed by atoms with E-state index < -0.39 is 0 Å². The number of aryl methyl sites for hydroxylation is 1. The number of halogens is 2. The lowest BCUT2D eigenvalue weighted by Crippen LogP contribution is -2.51. The zero-order valence-corrected chi connectivity index (χ0v) is 13.4. The fourth-order valence-electron chi connectivity index (χ4n) is 2.48. The van der Waals surface area contributed by atoms with Crippen LogP contribution in [0.15, 0.2) is 22.7 Å². The lowest BCUT2D eigenvalue weighted by atomic mass is 9.97. The van der Waals surface area contributed by atoms with Crippen LogP contribution in [-0.4, -0.2) is 18.0 Å². The van der Waals surface area contributed by atoms with Crippen LogP contribution in [0.3, 0.4) is 0 Å². The summed E-state index contributed by atoms with van der Waals surface area (Å²) in [6, 6.07) is 5.67. The van der Waals surface area contributed by atoms with Crippen LogP contribution >= 0.6 is 28.3 Å². The minimum Gasteiger partial charge on any atom is -0.345 e. The molecule has 0 spiro atoms. The zero-order chi connectivity index (χ0) is 13.2. The standard InChI is InChI=1S/C14H19BrN2O.ClH/c1-10-4-5-11(8-12(10)15)13(18)17-14(9-16)6-2-3-7-14;/h4-5,8H,2-3,6-7,9,16H2,1H3,(H,17,18);1H. The Bertz CT molecular complexity index is 459. The van der Waals surface area contributed by atoms with E-state index in [0.29, 0.717) is 12.1 Å². The van der Waals surface area contributed by atoms with E-state index in [0.717, 1.165) is 35.7 Å². The normalized spacial score (nSPS) is 16.8. The third kappa shape index (κ3) is 3.71. The summed E-state index contributed by atoms with van der Waals surface area (Å²) in [4.78, 5) is 12.2. The SMILES string of the molecule is Cc1ccc(C(=O)NC2(CN)CCCC2)cc1Br.Cl. The third-order valence-electron chi connectivity index (χ3n) is 3.76. The maximum Gasteiger partial charge on any atom is 0.251 e. The van der Waals surface area contributed by atoms with Gasteiger partial charge in [0, 0.05) is 16.6 Å². The molecule has 0 saturated heterocycles. The van der Waals surface area contributed by atoms with Crippen LogP contribution in [0, 0.1) is 6.92 Å². The number of hydrogen-bond donors (Lipinski definition) is 2. The molecule has 1 aliphatic rings. The van der Waals surface area contributed by atoms with Crippen molar-refractivity contribution in [2.24, 2.45) is 5.73 Å². The van der Waals surface area contributed by atoms with Crippen molar-refractivity contribution >= 4 is 34.2 Å². The summed E-state index contributed by atoms with van der Waals surface area (Å²) < 4.78 is 0.961. The van der Waals surface area contributed by atoms with Crippen LogP contribution < -0.4 is 11.1 Å². The highest BCUT2D eigenvalue weighted by Gasteiger charge is 2.34. The van der Waals surface area contributed by atoms with Gasteiger partial charge in [-0.05, 0) is 37.5 Å². The zero-order valence-electron chi connectivity index (χ0n) is 11.0. The monoisotopic (exact) mass is 346 g/mol. The first kappa shape index (κ1) is 16.5. The highest BCUT2D eigenvalue weighted by Crippen LogP contribution is 2.29. The second kappa shape index (κ2) is 6.73. The molecule has 1 aromatic carbocycles. The van der Waals surface area contributed by atoms with Gasteiger partial charge in [-0.3, -0.25) is 4.79 Å². The highest BCUT2D eigenvalue weighted by atomic mass is 79.9. The Morgan fingerprint density at radius 2 is 2.05 bits per heavy atom. The minimum absolute atomic E-state index is 0. The Hall–Kier alpha value is -0.580. The number of rotatable bonds is 3. The van der Waals surface area contributed by atoms with Gasteiger partial charge in [0.05, 0.1) is 5.54 Å². The van der Waals surface area contributed by atoms with Gasteiger partial charge in [-0.25, -0.2) is 0 Å². The number of hydrogen-bond acceptors (Lipinski definition) is 2. The average Bonchev–Trinajstić information content (AvgIpc) is 2.82. The van der Waals surface area contributed by atoms with Crippen molar-refractivity contribution < 1.29 is 4.79 Å². The van der Waals surface area contributed by atoms with Gasteiger partial charge in [0.2, 0.25) is 0 Å². The molecule has 19 heavy (non-hydrogen) atoms. The summed E-state index contributed by atoms with van der Waals surface area (Å²) in [6.07, 6.45) is 4.27. The smallest absolute Gasteiger partial charge is 0.251 e. The predicted molar refractivity (Wildman–Crippen MR) is 83.8 cm³/mol. The lowest BCUT2D eigenvalue weighted by Gasteiger charge is -2.28. The molecule has 1 saturated carbocycles. The number of carbonyl (C=O) groups excluding carboxylic acids is 1. The molecular weight excluding hydrogens is 328 g/mol. The molecule has 0 bridgehead atoms. The van der Waals surface area contributed by atoms with Crippen LogP contribution in [0.5, 0.6) is 0 Å². The van der Waals surface area contributed by atoms with E-state index >= 15 is 0 Å². The molecule has 0 aliphatic heterocycles. The maximum atomic E-state index is 12.2. The molecule has 0 radical (unpaired) electrons. The van der Waals surface area contributed by atoms with E-state index in [-0.39, 0.29) is 23.9 Å². The van der Waals surface area contributed by atoms with Crippen molar-refractivity contribution in [3.63, 3.8) is 0 Å². The summed E-state index contributed by atoms with van der Waals surface area (Å²) in [6.45, 7) is 2.52. The van der Waals surface area contributed by atoms with Gasteiger partial charge >= 0.3 is 0 Å². The molecule has 0 heterocycles. The van der Waals surface area contributed by atoms with Crippen molar-refractivity contribution in [2.45, 2.75) is 38.1 Å². The molecule has 0 atom stereocenters. The van der Waals surface area contributed by atoms with E-state index in [1.165, 1.54) is 0 Å². The molecule has 1 amide bonds. The molecular formula is C14H20BrClN2O. The third-order valence-corrected chi connectivity index (χ3v) is 4.62. The first-order valence-corrected chi connectivity index (χ1v) is 7.14. The van der Waals surface area contributed by atoms with Crippen molar-refractivity contribution in [3.05, 3.63) is 33.8 Å². The maximum absolute atomic E-state index is 12.2. The van der Waals surface area contributed by atoms with Gasteiger partial charge in [-0.1, -0.05) is 34.8 Å². The second-order valence-electron chi connectivity index (χ2n) is 5.11. The predicted octanol–water partition coefficient (Wildman–Crippen LogP) is 3.18. The Kier molecular flexibility index (Phi) is 5.83. The first-order chi connectivity index (χ1) is 8.56. The van der Waals surface area contributed by atoms with E-state index in [9.17, 15) is 4.79 Å². The van der Waals surface area contributed by atoms with Gasteiger partial charge < -0.3 is 11.1 Å². The Morgan fingerprint density at radius 3 is 2.58 bits per heavy atom. The van der Waals surface area contributed by atoms with E-state index in [1.54, 1.807) is 0 Å². The second-order valence-corrected chi connectivity index (χ2v) is 5.96. The molecule has 5 heteroatoms. The largest absolute Gasteiger partial charge is 0.345 e. The number of benzene rings is 1. The van der Waals surface area contributed by atoms with Crippen molar-refractivity contribution in [1.29, 1.82) is 0 Å². The van der Waals surface area contributed by atoms with Crippen molar-refractivity contribution in [3.8, 4) is 0 Å². The van der Waals surface area contributed by atoms with Gasteiger partial charge in [0.1, 0.15) is 0 Å². The van der Waals surface area contributed by atoms with Crippen molar-refractivity contribution in [2.75, 3.05) is 6.54 Å². The Labute approximate surface area is 128 Å². The number of nitrogens with two attached hydrogens (primary N) is 1. The highest BCUT2D eigenvalue weighted by molar-refractivity contribution is 9.10. The van der Waals surface area contributed by atoms with Crippen molar-refractivity contribution in [1.82, 2.24) is 5.32 Å². The topological polar surface area (TPSA) is 55.1 Å². The van der Waals surface area contributed by atoms with E-state index in [2.05, 4.69) is 21.2 Å². The van der Waals surface area contributed by atoms with Crippen LogP contribution in [0.2, 0.25) is 0 Å². The molecule has 0 aromatic heterocycles. The summed E-state index contributed by atoms with van der Waals surface area (Å²) in [7, 11) is 0. The molecule has 1 aliphatic carbocycles. The average molecular weight is 348 g/mol. The number of carbonyl (C=O) groups is 1. The quantitative estimate of drug-likeness (QED) is 0.882. The van der Waals surface area contributed by atoms with Gasteiger partial charge in [0.25, 0.3) is 5.91 Å².